The highest BCUT2D eigenvalue weighted by Gasteiger charge is 2.12. The zero-order valence-electron chi connectivity index (χ0n) is 15.3. The molecule has 0 unspecified atom stereocenters. The standard InChI is InChI=1S/C21H22O4S/c1-13-8-16-17(22)9-14(12-20(16)26-13)6-5-7-15-10-18(23-2)21(25-4)19(11-15)24-3/h5,7-12,22H,6H2,1-4H3/b7-5-. The maximum absolute atomic E-state index is 10.2. The van der Waals surface area contributed by atoms with E-state index in [9.17, 15) is 5.11 Å². The van der Waals surface area contributed by atoms with Crippen LogP contribution in [-0.4, -0.2) is 26.4 Å². The number of phenolic OH excluding ortho intramolecular Hbond substituents is 1. The lowest BCUT2D eigenvalue weighted by molar-refractivity contribution is 0.324. The van der Waals surface area contributed by atoms with Gasteiger partial charge in [-0.25, -0.2) is 0 Å². The van der Waals surface area contributed by atoms with Crippen molar-refractivity contribution in [3.8, 4) is 23.0 Å². The van der Waals surface area contributed by atoms with Crippen molar-refractivity contribution in [2.75, 3.05) is 21.3 Å². The number of benzene rings is 2. The summed E-state index contributed by atoms with van der Waals surface area (Å²) >= 11 is 1.69. The minimum absolute atomic E-state index is 0.336. The zero-order chi connectivity index (χ0) is 18.7. The Morgan fingerprint density at radius 2 is 1.65 bits per heavy atom. The molecule has 2 aromatic carbocycles. The van der Waals surface area contributed by atoms with Gasteiger partial charge in [-0.2, -0.15) is 0 Å². The van der Waals surface area contributed by atoms with Crippen molar-refractivity contribution >= 4 is 27.5 Å². The molecule has 0 saturated heterocycles. The molecule has 26 heavy (non-hydrogen) atoms. The van der Waals surface area contributed by atoms with E-state index < -0.39 is 0 Å². The molecule has 0 bridgehead atoms. The number of aryl methyl sites for hydroxylation is 1. The van der Waals surface area contributed by atoms with E-state index in [0.29, 0.717) is 23.0 Å². The van der Waals surface area contributed by atoms with Gasteiger partial charge in [-0.05, 0) is 54.8 Å². The van der Waals surface area contributed by atoms with Crippen molar-refractivity contribution in [1.29, 1.82) is 0 Å². The molecule has 0 amide bonds. The van der Waals surface area contributed by atoms with E-state index in [2.05, 4.69) is 12.1 Å². The lowest BCUT2D eigenvalue weighted by Crippen LogP contribution is -1.95. The maximum Gasteiger partial charge on any atom is 0.203 e. The Bertz CT molecular complexity index is 931. The Hall–Kier alpha value is -2.66. The Labute approximate surface area is 157 Å². The SMILES string of the molecule is COc1cc(/C=C\Cc2cc(O)c3cc(C)sc3c2)cc(OC)c1OC. The van der Waals surface area contributed by atoms with Crippen LogP contribution < -0.4 is 14.2 Å². The molecule has 1 N–H and O–H groups in total. The first kappa shape index (κ1) is 18.1. The van der Waals surface area contributed by atoms with Gasteiger partial charge in [0.25, 0.3) is 0 Å². The van der Waals surface area contributed by atoms with Crippen LogP contribution in [0.25, 0.3) is 16.2 Å². The molecular formula is C21H22O4S. The first-order valence-corrected chi connectivity index (χ1v) is 9.06. The van der Waals surface area contributed by atoms with Crippen molar-refractivity contribution in [2.45, 2.75) is 13.3 Å². The van der Waals surface area contributed by atoms with Crippen LogP contribution in [0.2, 0.25) is 0 Å². The van der Waals surface area contributed by atoms with Crippen LogP contribution in [0, 0.1) is 6.92 Å². The number of rotatable bonds is 6. The number of hydrogen-bond acceptors (Lipinski definition) is 5. The fourth-order valence-corrected chi connectivity index (χ4v) is 3.96. The fraction of sp³-hybridized carbons (Fsp3) is 0.238. The largest absolute Gasteiger partial charge is 0.507 e. The Balaban J connectivity index is 1.84. The van der Waals surface area contributed by atoms with Crippen LogP contribution in [0.4, 0.5) is 0 Å². The van der Waals surface area contributed by atoms with Crippen LogP contribution in [0.3, 0.4) is 0 Å². The van der Waals surface area contributed by atoms with Gasteiger partial charge < -0.3 is 19.3 Å². The summed E-state index contributed by atoms with van der Waals surface area (Å²) < 4.78 is 17.2. The third kappa shape index (κ3) is 3.63. The number of fused-ring (bicyclic) bond motifs is 1. The zero-order valence-corrected chi connectivity index (χ0v) is 16.1. The quantitative estimate of drug-likeness (QED) is 0.648. The molecule has 0 radical (unpaired) electrons. The first-order valence-electron chi connectivity index (χ1n) is 8.24. The summed E-state index contributed by atoms with van der Waals surface area (Å²) in [5.74, 6) is 2.16. The number of phenols is 1. The highest BCUT2D eigenvalue weighted by molar-refractivity contribution is 7.19. The molecule has 0 spiro atoms. The average molecular weight is 370 g/mol. The summed E-state index contributed by atoms with van der Waals surface area (Å²) in [6.07, 6.45) is 4.78. The molecule has 4 nitrogen and oxygen atoms in total. The van der Waals surface area contributed by atoms with Gasteiger partial charge >= 0.3 is 0 Å². The fourth-order valence-electron chi connectivity index (χ4n) is 2.95. The van der Waals surface area contributed by atoms with Crippen molar-refractivity contribution in [1.82, 2.24) is 0 Å². The highest BCUT2D eigenvalue weighted by Crippen LogP contribution is 2.38. The van der Waals surface area contributed by atoms with Gasteiger partial charge in [-0.15, -0.1) is 11.3 Å². The van der Waals surface area contributed by atoms with Gasteiger partial charge in [0.1, 0.15) is 5.75 Å². The predicted octanol–water partition coefficient (Wildman–Crippen LogP) is 5.20. The van der Waals surface area contributed by atoms with Crippen molar-refractivity contribution < 1.29 is 19.3 Å². The second-order valence-electron chi connectivity index (χ2n) is 5.95. The van der Waals surface area contributed by atoms with Gasteiger partial charge in [0.15, 0.2) is 11.5 Å². The van der Waals surface area contributed by atoms with Gasteiger partial charge in [0.05, 0.1) is 21.3 Å². The van der Waals surface area contributed by atoms with Crippen molar-refractivity contribution in [3.05, 3.63) is 52.4 Å². The molecule has 0 atom stereocenters. The predicted molar refractivity (Wildman–Crippen MR) is 107 cm³/mol. The second-order valence-corrected chi connectivity index (χ2v) is 7.24. The number of allylic oxidation sites excluding steroid dienone is 1. The number of methoxy groups -OCH3 is 3. The molecule has 136 valence electrons. The van der Waals surface area contributed by atoms with Crippen LogP contribution >= 0.6 is 11.3 Å². The average Bonchev–Trinajstić information content (AvgIpc) is 3.01. The van der Waals surface area contributed by atoms with E-state index in [-0.39, 0.29) is 0 Å². The molecular weight excluding hydrogens is 348 g/mol. The molecule has 0 aliphatic heterocycles. The van der Waals surface area contributed by atoms with Crippen LogP contribution in [0.5, 0.6) is 23.0 Å². The molecule has 3 rings (SSSR count). The maximum atomic E-state index is 10.2. The molecule has 5 heteroatoms. The van der Waals surface area contributed by atoms with Gasteiger partial charge in [-0.1, -0.05) is 12.2 Å². The summed E-state index contributed by atoms with van der Waals surface area (Å²) in [5, 5.41) is 11.1. The van der Waals surface area contributed by atoms with Crippen molar-refractivity contribution in [3.63, 3.8) is 0 Å². The van der Waals surface area contributed by atoms with Crippen molar-refractivity contribution in [2.24, 2.45) is 0 Å². The summed E-state index contributed by atoms with van der Waals surface area (Å²) in [4.78, 5) is 1.19. The molecule has 0 aliphatic rings. The molecule has 1 heterocycles. The lowest BCUT2D eigenvalue weighted by atomic mass is 10.1. The second kappa shape index (κ2) is 7.70. The lowest BCUT2D eigenvalue weighted by Gasteiger charge is -2.12. The number of thiophene rings is 1. The topological polar surface area (TPSA) is 47.9 Å². The highest BCUT2D eigenvalue weighted by atomic mass is 32.1. The van der Waals surface area contributed by atoms with Crippen LogP contribution in [0.1, 0.15) is 16.0 Å². The van der Waals surface area contributed by atoms with E-state index in [1.54, 1.807) is 32.7 Å². The summed E-state index contributed by atoms with van der Waals surface area (Å²) in [6, 6.07) is 9.79. The van der Waals surface area contributed by atoms with Crippen LogP contribution in [0.15, 0.2) is 36.4 Å². The minimum Gasteiger partial charge on any atom is -0.507 e. The Morgan fingerprint density at radius 1 is 0.962 bits per heavy atom. The third-order valence-electron chi connectivity index (χ3n) is 4.15. The smallest absolute Gasteiger partial charge is 0.203 e. The summed E-state index contributed by atoms with van der Waals surface area (Å²) in [6.45, 7) is 2.05. The van der Waals surface area contributed by atoms with E-state index in [1.807, 2.05) is 37.3 Å². The molecule has 0 saturated carbocycles. The van der Waals surface area contributed by atoms with Crippen LogP contribution in [-0.2, 0) is 6.42 Å². The van der Waals surface area contributed by atoms with E-state index >= 15 is 0 Å². The molecule has 0 aliphatic carbocycles. The molecule has 0 fully saturated rings. The van der Waals surface area contributed by atoms with Gasteiger partial charge in [0, 0.05) is 15.0 Å². The third-order valence-corrected chi connectivity index (χ3v) is 5.15. The van der Waals surface area contributed by atoms with E-state index in [1.165, 1.54) is 4.88 Å². The number of ether oxygens (including phenoxy) is 3. The normalized spacial score (nSPS) is 11.2. The van der Waals surface area contributed by atoms with E-state index in [0.717, 1.165) is 27.6 Å². The van der Waals surface area contributed by atoms with Gasteiger partial charge in [-0.3, -0.25) is 0 Å². The van der Waals surface area contributed by atoms with Gasteiger partial charge in [0.2, 0.25) is 5.75 Å². The first-order chi connectivity index (χ1) is 12.5. The molecule has 1 aromatic heterocycles. The summed E-state index contributed by atoms with van der Waals surface area (Å²) in [5.41, 5.74) is 2.03. The molecule has 3 aromatic rings. The monoisotopic (exact) mass is 370 g/mol. The Morgan fingerprint density at radius 3 is 2.27 bits per heavy atom. The number of hydrogen-bond donors (Lipinski definition) is 1. The minimum atomic E-state index is 0.336. The Kier molecular flexibility index (Phi) is 5.38. The summed E-state index contributed by atoms with van der Waals surface area (Å²) in [7, 11) is 4.79. The van der Waals surface area contributed by atoms with E-state index in [4.69, 9.17) is 14.2 Å². The number of aromatic hydroxyl groups is 1.